The molecule has 1 aromatic rings. The summed E-state index contributed by atoms with van der Waals surface area (Å²) in [7, 11) is 3.23. The fourth-order valence-corrected chi connectivity index (χ4v) is 1.41. The number of ether oxygens (including phenoxy) is 2. The summed E-state index contributed by atoms with van der Waals surface area (Å²) in [5.41, 5.74) is 0.861. The van der Waals surface area contributed by atoms with Crippen molar-refractivity contribution < 1.29 is 9.47 Å². The van der Waals surface area contributed by atoms with Gasteiger partial charge in [0.15, 0.2) is 0 Å². The topological polar surface area (TPSA) is 44.2 Å². The molecular weight excluding hydrogens is 180 g/mol. The minimum Gasteiger partial charge on any atom is -0.481 e. The van der Waals surface area contributed by atoms with E-state index in [9.17, 15) is 0 Å². The Bertz CT molecular complexity index is 323. The van der Waals surface area contributed by atoms with Gasteiger partial charge in [0.1, 0.15) is 5.82 Å². The highest BCUT2D eigenvalue weighted by Gasteiger charge is 2.28. The van der Waals surface area contributed by atoms with Crippen LogP contribution >= 0.6 is 0 Å². The van der Waals surface area contributed by atoms with E-state index >= 15 is 0 Å². The summed E-state index contributed by atoms with van der Waals surface area (Å²) in [6.45, 7) is 1.90. The number of methoxy groups -OCH3 is 2. The van der Waals surface area contributed by atoms with E-state index in [0.29, 0.717) is 17.7 Å². The first-order chi connectivity index (χ1) is 6.76. The monoisotopic (exact) mass is 194 g/mol. The zero-order valence-electron chi connectivity index (χ0n) is 8.70. The van der Waals surface area contributed by atoms with Gasteiger partial charge in [-0.1, -0.05) is 0 Å². The van der Waals surface area contributed by atoms with Crippen molar-refractivity contribution in [3.05, 3.63) is 11.4 Å². The van der Waals surface area contributed by atoms with Crippen molar-refractivity contribution in [2.45, 2.75) is 25.7 Å². The first kappa shape index (κ1) is 9.24. The summed E-state index contributed by atoms with van der Waals surface area (Å²) < 4.78 is 10.3. The van der Waals surface area contributed by atoms with E-state index in [2.05, 4.69) is 9.97 Å². The predicted octanol–water partition coefficient (Wildman–Crippen LogP) is 1.68. The van der Waals surface area contributed by atoms with E-state index in [1.165, 1.54) is 12.8 Å². The van der Waals surface area contributed by atoms with Gasteiger partial charge in [-0.15, -0.1) is 0 Å². The normalized spacial score (nSPS) is 15.4. The molecule has 4 nitrogen and oxygen atoms in total. The molecule has 0 spiro atoms. The lowest BCUT2D eigenvalue weighted by Gasteiger charge is -2.09. The molecule has 1 aromatic heterocycles. The maximum atomic E-state index is 5.17. The molecule has 0 saturated heterocycles. The Labute approximate surface area is 83.3 Å². The van der Waals surface area contributed by atoms with Crippen molar-refractivity contribution >= 4 is 0 Å². The van der Waals surface area contributed by atoms with Crippen LogP contribution in [-0.2, 0) is 0 Å². The average Bonchev–Trinajstić information content (AvgIpc) is 3.02. The molecule has 0 bridgehead atoms. The molecule has 1 aliphatic carbocycles. The molecule has 76 valence electrons. The molecule has 0 aliphatic heterocycles. The molecule has 1 fully saturated rings. The summed E-state index contributed by atoms with van der Waals surface area (Å²) in [6, 6.07) is 0. The summed E-state index contributed by atoms with van der Waals surface area (Å²) in [4.78, 5) is 8.70. The van der Waals surface area contributed by atoms with Crippen LogP contribution in [0.15, 0.2) is 0 Å². The van der Waals surface area contributed by atoms with Crippen LogP contribution in [0.2, 0.25) is 0 Å². The van der Waals surface area contributed by atoms with Crippen molar-refractivity contribution in [2.75, 3.05) is 14.2 Å². The van der Waals surface area contributed by atoms with E-state index in [1.54, 1.807) is 14.2 Å². The second-order valence-electron chi connectivity index (χ2n) is 3.50. The molecule has 0 unspecified atom stereocenters. The average molecular weight is 194 g/mol. The maximum absolute atomic E-state index is 5.17. The van der Waals surface area contributed by atoms with Gasteiger partial charge in [-0.25, -0.2) is 0 Å². The third kappa shape index (κ3) is 1.52. The first-order valence-corrected chi connectivity index (χ1v) is 4.72. The Balaban J connectivity index is 2.43. The Morgan fingerprint density at radius 3 is 1.93 bits per heavy atom. The van der Waals surface area contributed by atoms with Gasteiger partial charge in [-0.2, -0.15) is 9.97 Å². The zero-order valence-corrected chi connectivity index (χ0v) is 8.70. The lowest BCUT2D eigenvalue weighted by molar-refractivity contribution is 0.362. The van der Waals surface area contributed by atoms with E-state index < -0.39 is 0 Å². The van der Waals surface area contributed by atoms with Crippen LogP contribution in [0.3, 0.4) is 0 Å². The Hall–Kier alpha value is -1.32. The van der Waals surface area contributed by atoms with Gasteiger partial charge in [-0.3, -0.25) is 0 Å². The number of hydrogen-bond acceptors (Lipinski definition) is 4. The second kappa shape index (κ2) is 3.44. The Morgan fingerprint density at radius 2 is 1.57 bits per heavy atom. The summed E-state index contributed by atoms with van der Waals surface area (Å²) >= 11 is 0. The van der Waals surface area contributed by atoms with Gasteiger partial charge in [-0.05, 0) is 19.8 Å². The molecule has 0 atom stereocenters. The highest BCUT2D eigenvalue weighted by molar-refractivity contribution is 5.35. The molecule has 1 aliphatic rings. The molecular formula is C10H14N2O2. The maximum Gasteiger partial charge on any atom is 0.223 e. The molecule has 1 saturated carbocycles. The van der Waals surface area contributed by atoms with Crippen molar-refractivity contribution in [1.29, 1.82) is 0 Å². The predicted molar refractivity (Wildman–Crippen MR) is 51.8 cm³/mol. The van der Waals surface area contributed by atoms with Gasteiger partial charge < -0.3 is 9.47 Å². The SMILES string of the molecule is COc1nc(C2CC2)nc(OC)c1C. The van der Waals surface area contributed by atoms with Crippen LogP contribution in [0, 0.1) is 6.92 Å². The number of hydrogen-bond donors (Lipinski definition) is 0. The molecule has 0 N–H and O–H groups in total. The van der Waals surface area contributed by atoms with Crippen LogP contribution in [0.5, 0.6) is 11.8 Å². The van der Waals surface area contributed by atoms with Crippen molar-refractivity contribution in [3.63, 3.8) is 0 Å². The number of aromatic nitrogens is 2. The fourth-order valence-electron chi connectivity index (χ4n) is 1.41. The van der Waals surface area contributed by atoms with Crippen molar-refractivity contribution in [2.24, 2.45) is 0 Å². The summed E-state index contributed by atoms with van der Waals surface area (Å²) in [5, 5.41) is 0. The molecule has 1 heterocycles. The zero-order chi connectivity index (χ0) is 10.1. The quantitative estimate of drug-likeness (QED) is 0.734. The molecule has 0 amide bonds. The first-order valence-electron chi connectivity index (χ1n) is 4.72. The minimum absolute atomic E-state index is 0.512. The van der Waals surface area contributed by atoms with Crippen molar-refractivity contribution in [1.82, 2.24) is 9.97 Å². The van der Waals surface area contributed by atoms with Gasteiger partial charge in [0.05, 0.1) is 19.8 Å². The smallest absolute Gasteiger partial charge is 0.223 e. The summed E-state index contributed by atoms with van der Waals surface area (Å²) in [5.74, 6) is 2.61. The van der Waals surface area contributed by atoms with Gasteiger partial charge in [0, 0.05) is 5.92 Å². The van der Waals surface area contributed by atoms with Crippen LogP contribution < -0.4 is 9.47 Å². The minimum atomic E-state index is 0.512. The van der Waals surface area contributed by atoms with Crippen LogP contribution in [0.4, 0.5) is 0 Å². The van der Waals surface area contributed by atoms with Gasteiger partial charge >= 0.3 is 0 Å². The molecule has 14 heavy (non-hydrogen) atoms. The van der Waals surface area contributed by atoms with Gasteiger partial charge in [0.25, 0.3) is 0 Å². The fraction of sp³-hybridized carbons (Fsp3) is 0.600. The molecule has 4 heteroatoms. The van der Waals surface area contributed by atoms with Crippen LogP contribution in [-0.4, -0.2) is 24.2 Å². The summed E-state index contributed by atoms with van der Waals surface area (Å²) in [6.07, 6.45) is 2.35. The van der Waals surface area contributed by atoms with Crippen molar-refractivity contribution in [3.8, 4) is 11.8 Å². The highest BCUT2D eigenvalue weighted by Crippen LogP contribution is 2.40. The Morgan fingerprint density at radius 1 is 1.07 bits per heavy atom. The molecule has 2 rings (SSSR count). The number of nitrogens with zero attached hydrogens (tertiary/aromatic N) is 2. The standard InChI is InChI=1S/C10H14N2O2/c1-6-9(13-2)11-8(7-4-5-7)12-10(6)14-3/h7H,4-5H2,1-3H3. The second-order valence-corrected chi connectivity index (χ2v) is 3.50. The number of rotatable bonds is 3. The largest absolute Gasteiger partial charge is 0.481 e. The van der Waals surface area contributed by atoms with Gasteiger partial charge in [0.2, 0.25) is 11.8 Å². The van der Waals surface area contributed by atoms with E-state index in [1.807, 2.05) is 6.92 Å². The lowest BCUT2D eigenvalue weighted by atomic mass is 10.3. The lowest BCUT2D eigenvalue weighted by Crippen LogP contribution is -2.02. The third-order valence-electron chi connectivity index (χ3n) is 2.40. The molecule has 0 aromatic carbocycles. The van der Waals surface area contributed by atoms with Crippen LogP contribution in [0.1, 0.15) is 30.1 Å². The van der Waals surface area contributed by atoms with E-state index in [0.717, 1.165) is 11.4 Å². The Kier molecular flexibility index (Phi) is 2.27. The molecule has 0 radical (unpaired) electrons. The van der Waals surface area contributed by atoms with E-state index in [-0.39, 0.29) is 0 Å². The van der Waals surface area contributed by atoms with Crippen LogP contribution in [0.25, 0.3) is 0 Å². The third-order valence-corrected chi connectivity index (χ3v) is 2.40. The van der Waals surface area contributed by atoms with E-state index in [4.69, 9.17) is 9.47 Å². The highest BCUT2D eigenvalue weighted by atomic mass is 16.5.